The van der Waals surface area contributed by atoms with Crippen molar-refractivity contribution in [3.8, 4) is 17.6 Å². The lowest BCUT2D eigenvalue weighted by Crippen LogP contribution is -2.13. The zero-order chi connectivity index (χ0) is 26.0. The summed E-state index contributed by atoms with van der Waals surface area (Å²) in [5.74, 6) is 0.441. The van der Waals surface area contributed by atoms with Gasteiger partial charge in [0.2, 0.25) is 0 Å². The Morgan fingerprint density at radius 3 is 1.86 bits per heavy atom. The minimum absolute atomic E-state index is 0.0388. The first-order chi connectivity index (χ1) is 18.0. The summed E-state index contributed by atoms with van der Waals surface area (Å²) in [6.07, 6.45) is 1.50. The van der Waals surface area contributed by atoms with Crippen LogP contribution in [0.15, 0.2) is 103 Å². The average Bonchev–Trinajstić information content (AvgIpc) is 2.92. The number of rotatable bonds is 9. The van der Waals surface area contributed by atoms with Crippen molar-refractivity contribution in [2.24, 2.45) is 0 Å². The highest BCUT2D eigenvalue weighted by atomic mass is 35.5. The number of hydrogen-bond donors (Lipinski definition) is 1. The summed E-state index contributed by atoms with van der Waals surface area (Å²) in [6.45, 7) is 0.687. The summed E-state index contributed by atoms with van der Waals surface area (Å²) in [6, 6.07) is 29.3. The highest BCUT2D eigenvalue weighted by molar-refractivity contribution is 6.30. The molecule has 4 aromatic rings. The Labute approximate surface area is 219 Å². The highest BCUT2D eigenvalue weighted by Gasteiger charge is 2.10. The highest BCUT2D eigenvalue weighted by Crippen LogP contribution is 2.20. The van der Waals surface area contributed by atoms with Crippen molar-refractivity contribution in [1.82, 2.24) is 0 Å². The summed E-state index contributed by atoms with van der Waals surface area (Å²) >= 11 is 5.89. The van der Waals surface area contributed by atoms with Crippen LogP contribution in [0.25, 0.3) is 6.08 Å². The van der Waals surface area contributed by atoms with E-state index in [0.717, 1.165) is 11.1 Å². The predicted molar refractivity (Wildman–Crippen MR) is 142 cm³/mol. The molecule has 1 N–H and O–H groups in total. The second-order valence-corrected chi connectivity index (χ2v) is 8.48. The van der Waals surface area contributed by atoms with E-state index >= 15 is 0 Å². The second kappa shape index (κ2) is 12.4. The fourth-order valence-electron chi connectivity index (χ4n) is 3.30. The summed E-state index contributed by atoms with van der Waals surface area (Å²) in [5, 5.41) is 12.9. The molecule has 4 rings (SSSR count). The van der Waals surface area contributed by atoms with E-state index in [1.54, 1.807) is 72.8 Å². The maximum Gasteiger partial charge on any atom is 0.266 e. The van der Waals surface area contributed by atoms with Crippen LogP contribution >= 0.6 is 11.6 Å². The molecule has 0 aromatic heterocycles. The van der Waals surface area contributed by atoms with Gasteiger partial charge in [-0.2, -0.15) is 5.26 Å². The van der Waals surface area contributed by atoms with Gasteiger partial charge < -0.3 is 14.8 Å². The molecular weight excluding hydrogens is 491 g/mol. The molecule has 5 nitrogen and oxygen atoms in total. The third kappa shape index (κ3) is 7.69. The Bertz CT molecular complexity index is 1410. The fraction of sp³-hybridized carbons (Fsp3) is 0.0667. The molecule has 0 bridgehead atoms. The van der Waals surface area contributed by atoms with Crippen LogP contribution in [0.2, 0.25) is 5.02 Å². The number of ether oxygens (including phenoxy) is 2. The van der Waals surface area contributed by atoms with Gasteiger partial charge in [-0.1, -0.05) is 48.0 Å². The SMILES string of the molecule is N#C/C(=C\c1ccc(OCc2ccc(F)cc2)cc1)C(=O)Nc1ccc(OCc2ccc(Cl)cc2)cc1. The summed E-state index contributed by atoms with van der Waals surface area (Å²) in [4.78, 5) is 12.6. The van der Waals surface area contributed by atoms with Crippen LogP contribution in [0.5, 0.6) is 11.5 Å². The molecule has 0 aliphatic carbocycles. The van der Waals surface area contributed by atoms with Gasteiger partial charge in [-0.05, 0) is 83.4 Å². The van der Waals surface area contributed by atoms with Crippen molar-refractivity contribution in [1.29, 1.82) is 5.26 Å². The zero-order valence-electron chi connectivity index (χ0n) is 19.7. The Morgan fingerprint density at radius 1 is 0.811 bits per heavy atom. The van der Waals surface area contributed by atoms with Crippen molar-refractivity contribution in [3.05, 3.63) is 130 Å². The van der Waals surface area contributed by atoms with E-state index in [-0.39, 0.29) is 11.4 Å². The predicted octanol–water partition coefficient (Wildman–Crippen LogP) is 7.18. The lowest BCUT2D eigenvalue weighted by Gasteiger charge is -2.09. The number of anilines is 1. The van der Waals surface area contributed by atoms with Gasteiger partial charge in [0.25, 0.3) is 5.91 Å². The van der Waals surface area contributed by atoms with Gasteiger partial charge in [-0.15, -0.1) is 0 Å². The standard InChI is InChI=1S/C30H22ClFN2O3/c31-25-7-1-22(2-8-25)19-37-29-15-11-27(12-16-29)34-30(35)24(18-33)17-21-5-13-28(14-6-21)36-20-23-3-9-26(32)10-4-23/h1-17H,19-20H2,(H,34,35)/b24-17+. The summed E-state index contributed by atoms with van der Waals surface area (Å²) < 4.78 is 24.5. The minimum Gasteiger partial charge on any atom is -0.489 e. The third-order valence-corrected chi connectivity index (χ3v) is 5.56. The molecule has 7 heteroatoms. The van der Waals surface area contributed by atoms with Crippen LogP contribution in [0.1, 0.15) is 16.7 Å². The molecule has 0 unspecified atom stereocenters. The number of nitrogens with zero attached hydrogens (tertiary/aromatic N) is 1. The van der Waals surface area contributed by atoms with Crippen LogP contribution < -0.4 is 14.8 Å². The van der Waals surface area contributed by atoms with Crippen molar-refractivity contribution in [3.63, 3.8) is 0 Å². The monoisotopic (exact) mass is 512 g/mol. The molecule has 0 heterocycles. The van der Waals surface area contributed by atoms with E-state index in [1.165, 1.54) is 18.2 Å². The third-order valence-electron chi connectivity index (χ3n) is 5.31. The van der Waals surface area contributed by atoms with Gasteiger partial charge in [0.15, 0.2) is 0 Å². The number of benzene rings is 4. The van der Waals surface area contributed by atoms with Gasteiger partial charge in [0.05, 0.1) is 0 Å². The molecule has 37 heavy (non-hydrogen) atoms. The first kappa shape index (κ1) is 25.5. The van der Waals surface area contributed by atoms with Crippen molar-refractivity contribution >= 4 is 29.3 Å². The number of halogens is 2. The van der Waals surface area contributed by atoms with Gasteiger partial charge in [0.1, 0.15) is 42.2 Å². The number of nitrogens with one attached hydrogen (secondary N) is 1. The van der Waals surface area contributed by atoms with E-state index in [2.05, 4.69) is 5.32 Å². The van der Waals surface area contributed by atoms with Crippen molar-refractivity contribution in [2.75, 3.05) is 5.32 Å². The molecule has 0 atom stereocenters. The van der Waals surface area contributed by atoms with E-state index in [1.807, 2.05) is 18.2 Å². The van der Waals surface area contributed by atoms with Gasteiger partial charge in [-0.25, -0.2) is 4.39 Å². The second-order valence-electron chi connectivity index (χ2n) is 8.05. The summed E-state index contributed by atoms with van der Waals surface area (Å²) in [5.41, 5.74) is 3.00. The quantitative estimate of drug-likeness (QED) is 0.190. The number of carbonyl (C=O) groups excluding carboxylic acids is 1. The van der Waals surface area contributed by atoms with Crippen LogP contribution in [-0.4, -0.2) is 5.91 Å². The molecule has 0 aliphatic heterocycles. The molecule has 0 spiro atoms. The van der Waals surface area contributed by atoms with E-state index < -0.39 is 5.91 Å². The maximum absolute atomic E-state index is 13.0. The molecule has 1 amide bonds. The largest absolute Gasteiger partial charge is 0.489 e. The van der Waals surface area contributed by atoms with E-state index in [0.29, 0.717) is 41.0 Å². The van der Waals surface area contributed by atoms with Crippen molar-refractivity contribution in [2.45, 2.75) is 13.2 Å². The Hall–Kier alpha value is -4.60. The van der Waals surface area contributed by atoms with Crippen LogP contribution in [0.4, 0.5) is 10.1 Å². The first-order valence-corrected chi connectivity index (χ1v) is 11.7. The Balaban J connectivity index is 1.31. The van der Waals surface area contributed by atoms with Gasteiger partial charge in [-0.3, -0.25) is 4.79 Å². The van der Waals surface area contributed by atoms with Gasteiger partial charge >= 0.3 is 0 Å². The molecule has 0 radical (unpaired) electrons. The number of amides is 1. The molecule has 0 aliphatic rings. The van der Waals surface area contributed by atoms with Crippen LogP contribution in [-0.2, 0) is 18.0 Å². The normalized spacial score (nSPS) is 10.9. The Kier molecular flexibility index (Phi) is 8.53. The molecule has 0 saturated carbocycles. The smallest absolute Gasteiger partial charge is 0.266 e. The number of hydrogen-bond acceptors (Lipinski definition) is 4. The minimum atomic E-state index is -0.519. The fourth-order valence-corrected chi connectivity index (χ4v) is 3.43. The van der Waals surface area contributed by atoms with Crippen LogP contribution in [0, 0.1) is 17.1 Å². The van der Waals surface area contributed by atoms with Crippen molar-refractivity contribution < 1.29 is 18.7 Å². The number of nitriles is 1. The van der Waals surface area contributed by atoms with E-state index in [4.69, 9.17) is 21.1 Å². The zero-order valence-corrected chi connectivity index (χ0v) is 20.4. The maximum atomic E-state index is 13.0. The number of carbonyl (C=O) groups is 1. The topological polar surface area (TPSA) is 71.3 Å². The van der Waals surface area contributed by atoms with E-state index in [9.17, 15) is 14.4 Å². The van der Waals surface area contributed by atoms with Gasteiger partial charge in [0, 0.05) is 10.7 Å². The molecular formula is C30H22ClFN2O3. The lowest BCUT2D eigenvalue weighted by atomic mass is 10.1. The van der Waals surface area contributed by atoms with Crippen LogP contribution in [0.3, 0.4) is 0 Å². The molecule has 0 saturated heterocycles. The first-order valence-electron chi connectivity index (χ1n) is 11.4. The summed E-state index contributed by atoms with van der Waals surface area (Å²) in [7, 11) is 0. The Morgan fingerprint density at radius 2 is 1.32 bits per heavy atom. The lowest BCUT2D eigenvalue weighted by molar-refractivity contribution is -0.112. The average molecular weight is 513 g/mol. The molecule has 0 fully saturated rings. The molecule has 4 aromatic carbocycles. The molecule has 184 valence electrons.